The number of rotatable bonds is 13. The lowest BCUT2D eigenvalue weighted by molar-refractivity contribution is -0.124. The molecule has 3 aromatic rings. The van der Waals surface area contributed by atoms with Crippen molar-refractivity contribution in [3.63, 3.8) is 0 Å². The van der Waals surface area contributed by atoms with E-state index in [0.29, 0.717) is 31.2 Å². The van der Waals surface area contributed by atoms with Gasteiger partial charge in [-0.2, -0.15) is 0 Å². The molecule has 4 rings (SSSR count). The Labute approximate surface area is 229 Å². The zero-order chi connectivity index (χ0) is 27.5. The lowest BCUT2D eigenvalue weighted by atomic mass is 9.97. The van der Waals surface area contributed by atoms with Crippen LogP contribution in [0, 0.1) is 0 Å². The summed E-state index contributed by atoms with van der Waals surface area (Å²) in [5.74, 6) is 0.227. The van der Waals surface area contributed by atoms with E-state index in [1.54, 1.807) is 35.8 Å². The smallest absolute Gasteiger partial charge is 0.338 e. The van der Waals surface area contributed by atoms with Crippen molar-refractivity contribution in [2.24, 2.45) is 0 Å². The third kappa shape index (κ3) is 8.17. The number of carbonyl (C=O) groups excluding carboxylic acids is 2. The number of para-hydroxylation sites is 1. The molecule has 1 aliphatic rings. The molecule has 204 valence electrons. The maximum atomic E-state index is 12.6. The van der Waals surface area contributed by atoms with E-state index in [1.807, 2.05) is 37.3 Å². The van der Waals surface area contributed by atoms with Crippen molar-refractivity contribution in [1.29, 1.82) is 0 Å². The van der Waals surface area contributed by atoms with Gasteiger partial charge >= 0.3 is 5.97 Å². The van der Waals surface area contributed by atoms with Crippen molar-refractivity contribution in [1.82, 2.24) is 10.4 Å². The minimum absolute atomic E-state index is 0.280. The molecule has 0 radical (unpaired) electrons. The van der Waals surface area contributed by atoms with Crippen LogP contribution < -0.4 is 15.5 Å². The second-order valence-corrected chi connectivity index (χ2v) is 9.37. The normalized spacial score (nSPS) is 14.2. The Balaban J connectivity index is 1.36. The quantitative estimate of drug-likeness (QED) is 0.126. The van der Waals surface area contributed by atoms with Gasteiger partial charge in [0.1, 0.15) is 12.4 Å². The number of esters is 1. The van der Waals surface area contributed by atoms with E-state index in [2.05, 4.69) is 28.4 Å². The monoisotopic (exact) mass is 529 g/mol. The van der Waals surface area contributed by atoms with Gasteiger partial charge in [-0.05, 0) is 73.0 Å². The van der Waals surface area contributed by atoms with E-state index in [9.17, 15) is 9.59 Å². The molecule has 1 aliphatic heterocycles. The topological polar surface area (TPSA) is 100 Å². The first kappa shape index (κ1) is 27.9. The number of fused-ring (bicyclic) bond motifs is 1. The van der Waals surface area contributed by atoms with Gasteiger partial charge < -0.3 is 14.8 Å². The average Bonchev–Trinajstić information content (AvgIpc) is 3.38. The largest absolute Gasteiger partial charge is 0.494 e. The van der Waals surface area contributed by atoms with E-state index in [-0.39, 0.29) is 12.6 Å². The standard InChI is InChI=1S/C31H35N3O5/c1-2-38-27-14-12-25(13-15-27)31(36)39-20-19-34(18-17-26-21-32-29-6-4-3-5-28(26)29)22-24-9-7-23(8-10-24)11-16-30(35)33-37/h3-16,26,32,37H,2,17-22H2,1H3,(H,33,35)/b16-11+. The first-order valence-corrected chi connectivity index (χ1v) is 13.2. The number of hydrogen-bond acceptors (Lipinski definition) is 7. The Morgan fingerprint density at radius 2 is 1.82 bits per heavy atom. The molecule has 1 heterocycles. The molecular formula is C31H35N3O5. The summed E-state index contributed by atoms with van der Waals surface area (Å²) in [6.07, 6.45) is 3.89. The number of benzene rings is 3. The second kappa shape index (κ2) is 14.1. The number of hydroxylamine groups is 1. The second-order valence-electron chi connectivity index (χ2n) is 9.37. The van der Waals surface area contributed by atoms with Gasteiger partial charge in [-0.1, -0.05) is 42.5 Å². The Kier molecular flexibility index (Phi) is 10.1. The van der Waals surface area contributed by atoms with Gasteiger partial charge in [0.15, 0.2) is 0 Å². The summed E-state index contributed by atoms with van der Waals surface area (Å²) in [6.45, 7) is 5.83. The van der Waals surface area contributed by atoms with Crippen molar-refractivity contribution < 1.29 is 24.3 Å². The van der Waals surface area contributed by atoms with Crippen molar-refractivity contribution in [2.45, 2.75) is 25.8 Å². The molecule has 0 aromatic heterocycles. The van der Waals surface area contributed by atoms with Gasteiger partial charge in [0.25, 0.3) is 5.91 Å². The summed E-state index contributed by atoms with van der Waals surface area (Å²) in [7, 11) is 0. The lowest BCUT2D eigenvalue weighted by Crippen LogP contribution is -2.30. The molecular weight excluding hydrogens is 494 g/mol. The summed E-state index contributed by atoms with van der Waals surface area (Å²) in [6, 6.07) is 23.3. The summed E-state index contributed by atoms with van der Waals surface area (Å²) in [5, 5.41) is 12.1. The summed E-state index contributed by atoms with van der Waals surface area (Å²) in [5.41, 5.74) is 6.60. The average molecular weight is 530 g/mol. The maximum absolute atomic E-state index is 12.6. The molecule has 0 saturated heterocycles. The Morgan fingerprint density at radius 1 is 1.05 bits per heavy atom. The molecule has 0 aliphatic carbocycles. The van der Waals surface area contributed by atoms with E-state index >= 15 is 0 Å². The molecule has 8 nitrogen and oxygen atoms in total. The van der Waals surface area contributed by atoms with Crippen LogP contribution in [-0.2, 0) is 16.1 Å². The lowest BCUT2D eigenvalue weighted by Gasteiger charge is -2.24. The fourth-order valence-electron chi connectivity index (χ4n) is 4.63. The molecule has 3 N–H and O–H groups in total. The molecule has 39 heavy (non-hydrogen) atoms. The van der Waals surface area contributed by atoms with Crippen LogP contribution in [0.3, 0.4) is 0 Å². The minimum Gasteiger partial charge on any atom is -0.494 e. The van der Waals surface area contributed by atoms with Gasteiger partial charge in [0.05, 0.1) is 12.2 Å². The predicted molar refractivity (Wildman–Crippen MR) is 151 cm³/mol. The number of hydrogen-bond donors (Lipinski definition) is 3. The molecule has 1 amide bonds. The molecule has 0 fully saturated rings. The SMILES string of the molecule is CCOc1ccc(C(=O)OCCN(CCC2CNc3ccccc32)Cc2ccc(/C=C/C(=O)NO)cc2)cc1. The summed E-state index contributed by atoms with van der Waals surface area (Å²) < 4.78 is 11.0. The number of nitrogens with zero attached hydrogens (tertiary/aromatic N) is 1. The first-order valence-electron chi connectivity index (χ1n) is 13.2. The summed E-state index contributed by atoms with van der Waals surface area (Å²) >= 11 is 0. The van der Waals surface area contributed by atoms with Gasteiger partial charge in [-0.25, -0.2) is 10.3 Å². The number of carbonyl (C=O) groups is 2. The Hall–Kier alpha value is -4.14. The van der Waals surface area contributed by atoms with Crippen molar-refractivity contribution in [2.75, 3.05) is 38.2 Å². The highest BCUT2D eigenvalue weighted by Gasteiger charge is 2.22. The Morgan fingerprint density at radius 3 is 2.56 bits per heavy atom. The van der Waals surface area contributed by atoms with Gasteiger partial charge in [-0.3, -0.25) is 14.9 Å². The van der Waals surface area contributed by atoms with E-state index in [1.165, 1.54) is 17.3 Å². The van der Waals surface area contributed by atoms with Crippen LogP contribution in [0.1, 0.15) is 46.3 Å². The van der Waals surface area contributed by atoms with E-state index in [0.717, 1.165) is 36.4 Å². The third-order valence-electron chi connectivity index (χ3n) is 6.70. The first-order chi connectivity index (χ1) is 19.1. The minimum atomic E-state index is -0.576. The fraction of sp³-hybridized carbons (Fsp3) is 0.290. The van der Waals surface area contributed by atoms with Gasteiger partial charge in [0.2, 0.25) is 0 Å². The van der Waals surface area contributed by atoms with Gasteiger partial charge in [-0.15, -0.1) is 0 Å². The fourth-order valence-corrected chi connectivity index (χ4v) is 4.63. The molecule has 1 atom stereocenters. The molecule has 0 saturated carbocycles. The van der Waals surface area contributed by atoms with Crippen LogP contribution in [-0.4, -0.2) is 54.8 Å². The zero-order valence-electron chi connectivity index (χ0n) is 22.1. The van der Waals surface area contributed by atoms with Gasteiger partial charge in [0, 0.05) is 37.3 Å². The van der Waals surface area contributed by atoms with Crippen LogP contribution in [0.5, 0.6) is 5.75 Å². The highest BCUT2D eigenvalue weighted by atomic mass is 16.5. The number of nitrogens with one attached hydrogen (secondary N) is 2. The maximum Gasteiger partial charge on any atom is 0.338 e. The Bertz CT molecular complexity index is 1260. The van der Waals surface area contributed by atoms with Crippen LogP contribution in [0.25, 0.3) is 6.08 Å². The number of ether oxygens (including phenoxy) is 2. The molecule has 0 spiro atoms. The van der Waals surface area contributed by atoms with E-state index < -0.39 is 5.91 Å². The molecule has 1 unspecified atom stereocenters. The number of anilines is 1. The third-order valence-corrected chi connectivity index (χ3v) is 6.70. The highest BCUT2D eigenvalue weighted by Crippen LogP contribution is 2.33. The van der Waals surface area contributed by atoms with Crippen molar-refractivity contribution in [3.05, 3.63) is 101 Å². The molecule has 8 heteroatoms. The zero-order valence-corrected chi connectivity index (χ0v) is 22.1. The molecule has 0 bridgehead atoms. The van der Waals surface area contributed by atoms with Crippen LogP contribution in [0.4, 0.5) is 5.69 Å². The van der Waals surface area contributed by atoms with Crippen molar-refractivity contribution >= 4 is 23.6 Å². The highest BCUT2D eigenvalue weighted by molar-refractivity contribution is 5.90. The van der Waals surface area contributed by atoms with Crippen LogP contribution in [0.15, 0.2) is 78.9 Å². The summed E-state index contributed by atoms with van der Waals surface area (Å²) in [4.78, 5) is 26.1. The van der Waals surface area contributed by atoms with Crippen LogP contribution in [0.2, 0.25) is 0 Å². The number of amides is 1. The van der Waals surface area contributed by atoms with E-state index in [4.69, 9.17) is 14.7 Å². The molecule has 3 aromatic carbocycles. The predicted octanol–water partition coefficient (Wildman–Crippen LogP) is 4.86. The van der Waals surface area contributed by atoms with Crippen LogP contribution >= 0.6 is 0 Å². The van der Waals surface area contributed by atoms with Crippen molar-refractivity contribution in [3.8, 4) is 5.75 Å².